The van der Waals surface area contributed by atoms with E-state index in [2.05, 4.69) is 20.6 Å². The van der Waals surface area contributed by atoms with Crippen LogP contribution in [0.25, 0.3) is 0 Å². The van der Waals surface area contributed by atoms with Crippen LogP contribution in [0.15, 0.2) is 18.5 Å². The summed E-state index contributed by atoms with van der Waals surface area (Å²) in [6, 6.07) is 0.881. The van der Waals surface area contributed by atoms with Crippen LogP contribution in [0.2, 0.25) is 0 Å². The molecule has 0 radical (unpaired) electrons. The van der Waals surface area contributed by atoms with Crippen LogP contribution in [0.3, 0.4) is 0 Å². The van der Waals surface area contributed by atoms with Gasteiger partial charge in [-0.25, -0.2) is 9.97 Å². The molecular weight excluding hydrogens is 224 g/mol. The van der Waals surface area contributed by atoms with Gasteiger partial charge in [0.15, 0.2) is 0 Å². The number of amides is 3. The minimum Gasteiger partial charge on any atom is -0.337 e. The van der Waals surface area contributed by atoms with Crippen LogP contribution in [-0.4, -0.2) is 33.7 Å². The fraction of sp³-hybridized carbons (Fsp3) is 0.300. The molecule has 88 valence electrons. The van der Waals surface area contributed by atoms with Gasteiger partial charge in [-0.05, 0) is 12.5 Å². The Labute approximate surface area is 96.6 Å². The topological polar surface area (TPSA) is 101 Å². The van der Waals surface area contributed by atoms with Gasteiger partial charge < -0.3 is 5.32 Å². The highest BCUT2D eigenvalue weighted by Gasteiger charge is 2.28. The van der Waals surface area contributed by atoms with E-state index in [0.29, 0.717) is 6.42 Å². The Balaban J connectivity index is 2.00. The van der Waals surface area contributed by atoms with Crippen LogP contribution in [0, 0.1) is 0 Å². The minimum atomic E-state index is -0.705. The molecule has 1 aromatic heterocycles. The largest absolute Gasteiger partial charge is 0.337 e. The third-order valence-corrected chi connectivity index (χ3v) is 2.31. The molecule has 2 heterocycles. The Kier molecular flexibility index (Phi) is 3.08. The van der Waals surface area contributed by atoms with Crippen LogP contribution < -0.4 is 10.6 Å². The second-order valence-corrected chi connectivity index (χ2v) is 3.55. The quantitative estimate of drug-likeness (QED) is 0.640. The summed E-state index contributed by atoms with van der Waals surface area (Å²) in [5.74, 6) is -1.35. The molecule has 2 N–H and O–H groups in total. The number of rotatable bonds is 2. The Hall–Kier alpha value is -2.31. The van der Waals surface area contributed by atoms with Crippen molar-refractivity contribution >= 4 is 17.7 Å². The Morgan fingerprint density at radius 2 is 2.06 bits per heavy atom. The molecule has 0 aliphatic carbocycles. The average Bonchev–Trinajstić information content (AvgIpc) is 2.34. The number of carbonyl (C=O) groups excluding carboxylic acids is 3. The number of imide groups is 1. The van der Waals surface area contributed by atoms with Gasteiger partial charge in [0.2, 0.25) is 17.6 Å². The fourth-order valence-electron chi connectivity index (χ4n) is 1.47. The molecule has 3 amide bonds. The molecule has 0 bridgehead atoms. The molecule has 7 heteroatoms. The summed E-state index contributed by atoms with van der Waals surface area (Å²) in [6.45, 7) is 0. The predicted molar refractivity (Wildman–Crippen MR) is 55.7 cm³/mol. The second-order valence-electron chi connectivity index (χ2n) is 3.55. The monoisotopic (exact) mass is 234 g/mol. The van der Waals surface area contributed by atoms with Crippen molar-refractivity contribution in [2.24, 2.45) is 0 Å². The molecule has 0 spiro atoms. The first-order valence-electron chi connectivity index (χ1n) is 5.08. The number of hydrogen-bond donors (Lipinski definition) is 2. The summed E-state index contributed by atoms with van der Waals surface area (Å²) < 4.78 is 0. The normalized spacial score (nSPS) is 19.6. The Morgan fingerprint density at radius 1 is 1.35 bits per heavy atom. The molecule has 1 aliphatic rings. The first kappa shape index (κ1) is 11.2. The van der Waals surface area contributed by atoms with Gasteiger partial charge in [0.25, 0.3) is 5.91 Å². The van der Waals surface area contributed by atoms with Gasteiger partial charge in [-0.1, -0.05) is 0 Å². The predicted octanol–water partition coefficient (Wildman–Crippen LogP) is -0.988. The van der Waals surface area contributed by atoms with Crippen molar-refractivity contribution in [2.75, 3.05) is 0 Å². The van der Waals surface area contributed by atoms with Crippen molar-refractivity contribution in [3.63, 3.8) is 0 Å². The molecule has 7 nitrogen and oxygen atoms in total. The van der Waals surface area contributed by atoms with E-state index in [-0.39, 0.29) is 18.2 Å². The van der Waals surface area contributed by atoms with Gasteiger partial charge in [-0.15, -0.1) is 0 Å². The van der Waals surface area contributed by atoms with Crippen LogP contribution >= 0.6 is 0 Å². The van der Waals surface area contributed by atoms with Gasteiger partial charge in [0, 0.05) is 18.8 Å². The standard InChI is InChI=1S/C10H10N4O3/c15-7-3-2-6(9(16)14-7)13-10(17)8-11-4-1-5-12-8/h1,4-6H,2-3H2,(H,13,17)(H,14,15,16)/t6-/m1/s1. The molecule has 0 unspecified atom stereocenters. The number of carbonyl (C=O) groups is 3. The molecule has 1 aliphatic heterocycles. The maximum atomic E-state index is 11.6. The molecule has 17 heavy (non-hydrogen) atoms. The summed E-state index contributed by atoms with van der Waals surface area (Å²) in [5, 5.41) is 4.63. The van der Waals surface area contributed by atoms with E-state index in [1.54, 1.807) is 6.07 Å². The van der Waals surface area contributed by atoms with Crippen molar-refractivity contribution < 1.29 is 14.4 Å². The van der Waals surface area contributed by atoms with Gasteiger partial charge >= 0.3 is 0 Å². The van der Waals surface area contributed by atoms with Gasteiger partial charge in [-0.2, -0.15) is 0 Å². The third kappa shape index (κ3) is 2.63. The van der Waals surface area contributed by atoms with E-state index in [4.69, 9.17) is 0 Å². The number of piperidine rings is 1. The zero-order chi connectivity index (χ0) is 12.3. The van der Waals surface area contributed by atoms with Gasteiger partial charge in [0.1, 0.15) is 6.04 Å². The van der Waals surface area contributed by atoms with Crippen LogP contribution in [0.1, 0.15) is 23.5 Å². The molecule has 2 rings (SSSR count). The smallest absolute Gasteiger partial charge is 0.289 e. The maximum Gasteiger partial charge on any atom is 0.289 e. The number of nitrogens with zero attached hydrogens (tertiary/aromatic N) is 2. The summed E-state index contributed by atoms with van der Waals surface area (Å²) in [7, 11) is 0. The van der Waals surface area contributed by atoms with E-state index >= 15 is 0 Å². The average molecular weight is 234 g/mol. The van der Waals surface area contributed by atoms with Gasteiger partial charge in [-0.3, -0.25) is 19.7 Å². The first-order chi connectivity index (χ1) is 8.16. The SMILES string of the molecule is O=C1CC[C@@H](NC(=O)c2ncccn2)C(=O)N1. The summed E-state index contributed by atoms with van der Waals surface area (Å²) in [5.41, 5.74) is 0. The highest BCUT2D eigenvalue weighted by molar-refractivity contribution is 6.02. The van der Waals surface area contributed by atoms with Crippen LogP contribution in [0.5, 0.6) is 0 Å². The number of aromatic nitrogens is 2. The van der Waals surface area contributed by atoms with E-state index in [9.17, 15) is 14.4 Å². The van der Waals surface area contributed by atoms with Crippen molar-refractivity contribution in [1.82, 2.24) is 20.6 Å². The van der Waals surface area contributed by atoms with Crippen molar-refractivity contribution in [1.29, 1.82) is 0 Å². The zero-order valence-corrected chi connectivity index (χ0v) is 8.84. The molecule has 0 saturated carbocycles. The lowest BCUT2D eigenvalue weighted by molar-refractivity contribution is -0.134. The summed E-state index contributed by atoms with van der Waals surface area (Å²) in [4.78, 5) is 41.5. The molecule has 1 fully saturated rings. The first-order valence-corrected chi connectivity index (χ1v) is 5.08. The highest BCUT2D eigenvalue weighted by atomic mass is 16.2. The van der Waals surface area contributed by atoms with E-state index in [1.165, 1.54) is 12.4 Å². The molecular formula is C10H10N4O3. The lowest BCUT2D eigenvalue weighted by atomic mass is 10.1. The summed E-state index contributed by atoms with van der Waals surface area (Å²) >= 11 is 0. The molecule has 0 aromatic carbocycles. The highest BCUT2D eigenvalue weighted by Crippen LogP contribution is 2.04. The van der Waals surface area contributed by atoms with Crippen molar-refractivity contribution in [3.8, 4) is 0 Å². The van der Waals surface area contributed by atoms with E-state index in [1.807, 2.05) is 0 Å². The van der Waals surface area contributed by atoms with Crippen LogP contribution in [0.4, 0.5) is 0 Å². The lowest BCUT2D eigenvalue weighted by Crippen LogP contribution is -2.52. The molecule has 1 saturated heterocycles. The van der Waals surface area contributed by atoms with Crippen molar-refractivity contribution in [3.05, 3.63) is 24.3 Å². The third-order valence-electron chi connectivity index (χ3n) is 2.31. The van der Waals surface area contributed by atoms with E-state index < -0.39 is 17.9 Å². The Bertz CT molecular complexity index is 460. The Morgan fingerprint density at radius 3 is 2.71 bits per heavy atom. The van der Waals surface area contributed by atoms with Gasteiger partial charge in [0.05, 0.1) is 0 Å². The zero-order valence-electron chi connectivity index (χ0n) is 8.84. The lowest BCUT2D eigenvalue weighted by Gasteiger charge is -2.21. The minimum absolute atomic E-state index is 0.00259. The van der Waals surface area contributed by atoms with Crippen molar-refractivity contribution in [2.45, 2.75) is 18.9 Å². The van der Waals surface area contributed by atoms with E-state index in [0.717, 1.165) is 0 Å². The maximum absolute atomic E-state index is 11.6. The summed E-state index contributed by atoms with van der Waals surface area (Å²) in [6.07, 6.45) is 3.38. The fourth-order valence-corrected chi connectivity index (χ4v) is 1.47. The molecule has 1 aromatic rings. The second kappa shape index (κ2) is 4.69. The molecule has 1 atom stereocenters. The number of hydrogen-bond acceptors (Lipinski definition) is 5. The van der Waals surface area contributed by atoms with Crippen LogP contribution in [-0.2, 0) is 9.59 Å². The number of nitrogens with one attached hydrogen (secondary N) is 2.